The van der Waals surface area contributed by atoms with Crippen molar-refractivity contribution in [2.24, 2.45) is 5.73 Å². The Kier molecular flexibility index (Phi) is 4.13. The van der Waals surface area contributed by atoms with Crippen LogP contribution in [0.3, 0.4) is 0 Å². The van der Waals surface area contributed by atoms with E-state index in [4.69, 9.17) is 10.5 Å². The Balaban J connectivity index is 3.03. The SMILES string of the molecule is COC/C(=C\c1ccc(F)c(F)c1)C(N)=O. The Hall–Kier alpha value is -1.75. The van der Waals surface area contributed by atoms with E-state index in [1.165, 1.54) is 19.3 Å². The van der Waals surface area contributed by atoms with E-state index in [1.54, 1.807) is 0 Å². The summed E-state index contributed by atoms with van der Waals surface area (Å²) in [6.45, 7) is 0.0222. The minimum atomic E-state index is -0.977. The first-order valence-corrected chi connectivity index (χ1v) is 4.49. The maximum Gasteiger partial charge on any atom is 0.246 e. The van der Waals surface area contributed by atoms with Crippen LogP contribution in [0.1, 0.15) is 5.56 Å². The molecule has 0 atom stereocenters. The Morgan fingerprint density at radius 1 is 1.44 bits per heavy atom. The molecule has 0 aliphatic heterocycles. The zero-order valence-electron chi connectivity index (χ0n) is 8.67. The van der Waals surface area contributed by atoms with Crippen molar-refractivity contribution in [2.45, 2.75) is 0 Å². The van der Waals surface area contributed by atoms with Crippen molar-refractivity contribution in [2.75, 3.05) is 13.7 Å². The first-order valence-electron chi connectivity index (χ1n) is 4.49. The molecule has 0 bridgehead atoms. The second-order valence-corrected chi connectivity index (χ2v) is 3.14. The largest absolute Gasteiger partial charge is 0.380 e. The van der Waals surface area contributed by atoms with Crippen LogP contribution in [0.15, 0.2) is 23.8 Å². The highest BCUT2D eigenvalue weighted by atomic mass is 19.2. The quantitative estimate of drug-likeness (QED) is 0.792. The molecule has 1 rings (SSSR count). The maximum absolute atomic E-state index is 12.9. The van der Waals surface area contributed by atoms with Crippen molar-refractivity contribution in [3.8, 4) is 0 Å². The monoisotopic (exact) mass is 227 g/mol. The van der Waals surface area contributed by atoms with Gasteiger partial charge in [0.2, 0.25) is 5.91 Å². The highest BCUT2D eigenvalue weighted by molar-refractivity contribution is 5.96. The first-order chi connectivity index (χ1) is 7.54. The fourth-order valence-corrected chi connectivity index (χ4v) is 1.14. The van der Waals surface area contributed by atoms with Gasteiger partial charge < -0.3 is 10.5 Å². The second-order valence-electron chi connectivity index (χ2n) is 3.14. The molecule has 1 aromatic rings. The summed E-state index contributed by atoms with van der Waals surface area (Å²) in [5, 5.41) is 0. The highest BCUT2D eigenvalue weighted by Crippen LogP contribution is 2.12. The molecule has 3 nitrogen and oxygen atoms in total. The number of carbonyl (C=O) groups excluding carboxylic acids is 1. The van der Waals surface area contributed by atoms with Crippen molar-refractivity contribution in [3.05, 3.63) is 41.0 Å². The topological polar surface area (TPSA) is 52.3 Å². The molecule has 0 saturated heterocycles. The molecule has 0 saturated carbocycles. The van der Waals surface area contributed by atoms with Gasteiger partial charge in [0.25, 0.3) is 0 Å². The van der Waals surface area contributed by atoms with Gasteiger partial charge in [-0.15, -0.1) is 0 Å². The van der Waals surface area contributed by atoms with Crippen molar-refractivity contribution in [3.63, 3.8) is 0 Å². The lowest BCUT2D eigenvalue weighted by molar-refractivity contribution is -0.115. The van der Waals surface area contributed by atoms with E-state index in [0.717, 1.165) is 12.1 Å². The molecule has 0 aliphatic carbocycles. The average Bonchev–Trinajstić information content (AvgIpc) is 2.22. The highest BCUT2D eigenvalue weighted by Gasteiger charge is 2.06. The van der Waals surface area contributed by atoms with Crippen LogP contribution in [0.25, 0.3) is 6.08 Å². The van der Waals surface area contributed by atoms with E-state index >= 15 is 0 Å². The zero-order chi connectivity index (χ0) is 12.1. The van der Waals surface area contributed by atoms with Crippen molar-refractivity contribution < 1.29 is 18.3 Å². The summed E-state index contributed by atoms with van der Waals surface area (Å²) in [4.78, 5) is 11.0. The van der Waals surface area contributed by atoms with Gasteiger partial charge >= 0.3 is 0 Å². The van der Waals surface area contributed by atoms with Gasteiger partial charge in [0.15, 0.2) is 11.6 Å². The fourth-order valence-electron chi connectivity index (χ4n) is 1.14. The van der Waals surface area contributed by atoms with Gasteiger partial charge in [0.05, 0.1) is 6.61 Å². The van der Waals surface area contributed by atoms with Gasteiger partial charge in [-0.25, -0.2) is 8.78 Å². The van der Waals surface area contributed by atoms with Crippen LogP contribution in [0, 0.1) is 11.6 Å². The number of carbonyl (C=O) groups is 1. The minimum Gasteiger partial charge on any atom is -0.380 e. The molecule has 0 aromatic heterocycles. The first kappa shape index (κ1) is 12.3. The predicted molar refractivity (Wildman–Crippen MR) is 55.4 cm³/mol. The molecule has 0 fully saturated rings. The number of primary amides is 1. The van der Waals surface area contributed by atoms with Gasteiger partial charge in [-0.3, -0.25) is 4.79 Å². The van der Waals surface area contributed by atoms with E-state index in [1.807, 2.05) is 0 Å². The molecular formula is C11H11F2NO2. The molecule has 2 N–H and O–H groups in total. The van der Waals surface area contributed by atoms with Crippen molar-refractivity contribution in [1.82, 2.24) is 0 Å². The third kappa shape index (κ3) is 3.13. The number of halogens is 2. The van der Waals surface area contributed by atoms with Crippen LogP contribution >= 0.6 is 0 Å². The minimum absolute atomic E-state index is 0.0222. The van der Waals surface area contributed by atoms with Crippen LogP contribution in [-0.4, -0.2) is 19.6 Å². The molecule has 16 heavy (non-hydrogen) atoms. The summed E-state index contributed by atoms with van der Waals surface area (Å²) in [7, 11) is 1.40. The van der Waals surface area contributed by atoms with E-state index in [2.05, 4.69) is 0 Å². The van der Waals surface area contributed by atoms with Crippen LogP contribution in [-0.2, 0) is 9.53 Å². The number of hydrogen-bond donors (Lipinski definition) is 1. The molecule has 0 heterocycles. The number of amides is 1. The Labute approximate surface area is 91.5 Å². The van der Waals surface area contributed by atoms with Gasteiger partial charge in [0.1, 0.15) is 0 Å². The second kappa shape index (κ2) is 5.37. The van der Waals surface area contributed by atoms with Crippen LogP contribution in [0.4, 0.5) is 8.78 Å². The van der Waals surface area contributed by atoms with E-state index < -0.39 is 17.5 Å². The van der Waals surface area contributed by atoms with Crippen LogP contribution in [0.2, 0.25) is 0 Å². The summed E-state index contributed by atoms with van der Waals surface area (Å²) in [5.74, 6) is -2.58. The third-order valence-corrected chi connectivity index (χ3v) is 1.90. The lowest BCUT2D eigenvalue weighted by Crippen LogP contribution is -2.17. The molecule has 5 heteroatoms. The lowest BCUT2D eigenvalue weighted by atomic mass is 10.1. The zero-order valence-corrected chi connectivity index (χ0v) is 8.67. The van der Waals surface area contributed by atoms with Crippen LogP contribution in [0.5, 0.6) is 0 Å². The molecule has 1 aromatic carbocycles. The third-order valence-electron chi connectivity index (χ3n) is 1.90. The Bertz CT molecular complexity index is 430. The number of nitrogens with two attached hydrogens (primary N) is 1. The summed E-state index contributed by atoms with van der Waals surface area (Å²) in [6, 6.07) is 3.30. The van der Waals surface area contributed by atoms with E-state index in [0.29, 0.717) is 5.56 Å². The fraction of sp³-hybridized carbons (Fsp3) is 0.182. The van der Waals surface area contributed by atoms with E-state index in [-0.39, 0.29) is 12.2 Å². The average molecular weight is 227 g/mol. The predicted octanol–water partition coefficient (Wildman–Crippen LogP) is 1.48. The normalized spacial score (nSPS) is 11.6. The molecule has 0 spiro atoms. The molecule has 0 unspecified atom stereocenters. The van der Waals surface area contributed by atoms with E-state index in [9.17, 15) is 13.6 Å². The van der Waals surface area contributed by atoms with Crippen molar-refractivity contribution >= 4 is 12.0 Å². The lowest BCUT2D eigenvalue weighted by Gasteiger charge is -2.02. The van der Waals surface area contributed by atoms with Gasteiger partial charge in [-0.2, -0.15) is 0 Å². The number of hydrogen-bond acceptors (Lipinski definition) is 2. The Morgan fingerprint density at radius 3 is 2.62 bits per heavy atom. The summed E-state index contributed by atoms with van der Waals surface area (Å²) in [5.41, 5.74) is 5.62. The summed E-state index contributed by atoms with van der Waals surface area (Å²) >= 11 is 0. The molecule has 0 aliphatic rings. The van der Waals surface area contributed by atoms with Gasteiger partial charge in [-0.05, 0) is 23.8 Å². The molecule has 1 amide bonds. The maximum atomic E-state index is 12.9. The van der Waals surface area contributed by atoms with Crippen LogP contribution < -0.4 is 5.73 Å². The number of benzene rings is 1. The number of ether oxygens (including phenoxy) is 1. The standard InChI is InChI=1S/C11H11F2NO2/c1-16-6-8(11(14)15)4-7-2-3-9(12)10(13)5-7/h2-5H,6H2,1H3,(H2,14,15)/b8-4+. The summed E-state index contributed by atoms with van der Waals surface area (Å²) < 4.78 is 30.3. The molecule has 86 valence electrons. The number of rotatable bonds is 4. The smallest absolute Gasteiger partial charge is 0.246 e. The summed E-state index contributed by atoms with van der Waals surface area (Å²) in [6.07, 6.45) is 1.36. The molecule has 0 radical (unpaired) electrons. The van der Waals surface area contributed by atoms with Crippen molar-refractivity contribution in [1.29, 1.82) is 0 Å². The molecular weight excluding hydrogens is 216 g/mol. The Morgan fingerprint density at radius 2 is 2.12 bits per heavy atom. The van der Waals surface area contributed by atoms with Gasteiger partial charge in [-0.1, -0.05) is 6.07 Å². The number of methoxy groups -OCH3 is 1. The van der Waals surface area contributed by atoms with Gasteiger partial charge in [0, 0.05) is 12.7 Å².